The number of ether oxygens (including phenoxy) is 2. The molecular weight excluding hydrogens is 414 g/mol. The van der Waals surface area contributed by atoms with Gasteiger partial charge in [0.1, 0.15) is 5.75 Å². The fourth-order valence-corrected chi connectivity index (χ4v) is 4.09. The van der Waals surface area contributed by atoms with Gasteiger partial charge in [0, 0.05) is 28.1 Å². The van der Waals surface area contributed by atoms with Crippen LogP contribution in [0.3, 0.4) is 0 Å². The predicted octanol–water partition coefficient (Wildman–Crippen LogP) is 6.10. The zero-order valence-electron chi connectivity index (χ0n) is 17.8. The maximum absolute atomic E-state index is 12.8. The van der Waals surface area contributed by atoms with Gasteiger partial charge < -0.3 is 9.47 Å². The molecule has 0 spiro atoms. The number of aromatic nitrogens is 1. The Hall–Kier alpha value is -4.51. The van der Waals surface area contributed by atoms with Crippen LogP contribution >= 0.6 is 0 Å². The Labute approximate surface area is 190 Å². The lowest BCUT2D eigenvalue weighted by molar-refractivity contribution is 0.0737. The van der Waals surface area contributed by atoms with E-state index >= 15 is 0 Å². The second-order valence-corrected chi connectivity index (χ2v) is 7.48. The van der Waals surface area contributed by atoms with Gasteiger partial charge in [-0.2, -0.15) is 0 Å². The third-order valence-electron chi connectivity index (χ3n) is 5.62. The average molecular weight is 433 g/mol. The van der Waals surface area contributed by atoms with Crippen molar-refractivity contribution in [3.05, 3.63) is 102 Å². The third-order valence-corrected chi connectivity index (χ3v) is 5.62. The van der Waals surface area contributed by atoms with Crippen molar-refractivity contribution in [2.24, 2.45) is 0 Å². The van der Waals surface area contributed by atoms with Gasteiger partial charge in [-0.25, -0.2) is 9.78 Å². The van der Waals surface area contributed by atoms with Crippen LogP contribution in [0.5, 0.6) is 11.6 Å². The highest BCUT2D eigenvalue weighted by Crippen LogP contribution is 2.41. The molecule has 5 rings (SSSR count). The summed E-state index contributed by atoms with van der Waals surface area (Å²) in [5.41, 5.74) is 2.71. The highest BCUT2D eigenvalue weighted by Gasteiger charge is 2.19. The van der Waals surface area contributed by atoms with Crippen LogP contribution in [0.15, 0.2) is 91.1 Å². The van der Waals surface area contributed by atoms with Crippen molar-refractivity contribution in [1.29, 1.82) is 0 Å². The van der Waals surface area contributed by atoms with Crippen LogP contribution in [0.25, 0.3) is 32.7 Å². The van der Waals surface area contributed by atoms with E-state index in [1.807, 2.05) is 42.5 Å². The number of aldehydes is 1. The number of hydrogen-bond acceptors (Lipinski definition) is 5. The number of carbonyl (C=O) groups excluding carboxylic acids is 2. The molecule has 0 aliphatic heterocycles. The Kier molecular flexibility index (Phi) is 5.29. The van der Waals surface area contributed by atoms with E-state index in [1.54, 1.807) is 55.8 Å². The van der Waals surface area contributed by atoms with Gasteiger partial charge in [-0.05, 0) is 40.6 Å². The van der Waals surface area contributed by atoms with Crippen LogP contribution < -0.4 is 9.47 Å². The number of benzene rings is 4. The first-order chi connectivity index (χ1) is 16.2. The predicted molar refractivity (Wildman–Crippen MR) is 128 cm³/mol. The molecule has 1 aromatic heterocycles. The molecule has 4 aromatic carbocycles. The quantitative estimate of drug-likeness (QED) is 0.190. The van der Waals surface area contributed by atoms with Gasteiger partial charge in [-0.15, -0.1) is 0 Å². The first kappa shape index (κ1) is 20.4. The molecule has 160 valence electrons. The second-order valence-electron chi connectivity index (χ2n) is 7.48. The van der Waals surface area contributed by atoms with Crippen molar-refractivity contribution in [2.75, 3.05) is 7.11 Å². The normalized spacial score (nSPS) is 10.8. The number of hydrogen-bond donors (Lipinski definition) is 0. The summed E-state index contributed by atoms with van der Waals surface area (Å²) in [4.78, 5) is 28.9. The zero-order valence-corrected chi connectivity index (χ0v) is 17.8. The topological polar surface area (TPSA) is 65.5 Å². The molecule has 0 unspecified atom stereocenters. The smallest absolute Gasteiger partial charge is 0.343 e. The van der Waals surface area contributed by atoms with E-state index in [0.29, 0.717) is 28.1 Å². The van der Waals surface area contributed by atoms with Gasteiger partial charge in [-0.1, -0.05) is 60.7 Å². The summed E-state index contributed by atoms with van der Waals surface area (Å²) in [5, 5.41) is 3.17. The molecule has 0 N–H and O–H groups in total. The minimum absolute atomic E-state index is 0.403. The summed E-state index contributed by atoms with van der Waals surface area (Å²) in [7, 11) is 1.55. The van der Waals surface area contributed by atoms with Crippen molar-refractivity contribution < 1.29 is 19.1 Å². The lowest BCUT2D eigenvalue weighted by Gasteiger charge is -2.16. The summed E-state index contributed by atoms with van der Waals surface area (Å²) in [6.07, 6.45) is 2.56. The lowest BCUT2D eigenvalue weighted by Crippen LogP contribution is -2.09. The molecule has 0 fully saturated rings. The Bertz CT molecular complexity index is 1510. The summed E-state index contributed by atoms with van der Waals surface area (Å²) in [6.45, 7) is 0. The highest BCUT2D eigenvalue weighted by atomic mass is 16.5. The van der Waals surface area contributed by atoms with Crippen LogP contribution in [0, 0.1) is 0 Å². The molecule has 0 aliphatic rings. The molecule has 0 saturated heterocycles. The number of fused-ring (bicyclic) bond motifs is 2. The fourth-order valence-electron chi connectivity index (χ4n) is 4.09. The molecule has 5 aromatic rings. The van der Waals surface area contributed by atoms with E-state index in [0.717, 1.165) is 33.6 Å². The van der Waals surface area contributed by atoms with Crippen molar-refractivity contribution in [2.45, 2.75) is 0 Å². The maximum Gasteiger partial charge on any atom is 0.343 e. The van der Waals surface area contributed by atoms with Crippen molar-refractivity contribution >= 4 is 33.8 Å². The first-order valence-electron chi connectivity index (χ1n) is 10.4. The SMILES string of the molecule is COc1ncc(-c2ccc(C=O)c3ccccc23)c2c(OC(=O)c3ccccc3)cccc12. The molecule has 0 aliphatic carbocycles. The molecule has 33 heavy (non-hydrogen) atoms. The summed E-state index contributed by atoms with van der Waals surface area (Å²) >= 11 is 0. The van der Waals surface area contributed by atoms with Crippen LogP contribution in [-0.2, 0) is 0 Å². The van der Waals surface area contributed by atoms with Crippen LogP contribution in [0.4, 0.5) is 0 Å². The molecule has 5 nitrogen and oxygen atoms in total. The van der Waals surface area contributed by atoms with E-state index in [-0.39, 0.29) is 0 Å². The molecule has 0 radical (unpaired) electrons. The number of rotatable bonds is 5. The minimum atomic E-state index is -0.453. The van der Waals surface area contributed by atoms with Crippen molar-refractivity contribution in [3.8, 4) is 22.8 Å². The maximum atomic E-state index is 12.8. The zero-order chi connectivity index (χ0) is 22.8. The van der Waals surface area contributed by atoms with Crippen LogP contribution in [0.1, 0.15) is 20.7 Å². The van der Waals surface area contributed by atoms with Gasteiger partial charge >= 0.3 is 5.97 Å². The highest BCUT2D eigenvalue weighted by molar-refractivity contribution is 6.12. The molecule has 5 heteroatoms. The molecule has 0 atom stereocenters. The van der Waals surface area contributed by atoms with Crippen molar-refractivity contribution in [1.82, 2.24) is 4.98 Å². The summed E-state index contributed by atoms with van der Waals surface area (Å²) < 4.78 is 11.3. The number of nitrogens with zero attached hydrogens (tertiary/aromatic N) is 1. The standard InChI is InChI=1S/C28H19NO4/c1-32-27-23-12-7-13-25(33-28(31)18-8-3-2-4-9-18)26(23)24(16-29-27)22-15-14-19(17-30)20-10-5-6-11-21(20)22/h2-17H,1H3. The van der Waals surface area contributed by atoms with Gasteiger partial charge in [0.2, 0.25) is 5.88 Å². The average Bonchev–Trinajstić information content (AvgIpc) is 2.88. The van der Waals surface area contributed by atoms with Crippen LogP contribution in [-0.4, -0.2) is 24.3 Å². The Morgan fingerprint density at radius 2 is 1.52 bits per heavy atom. The van der Waals surface area contributed by atoms with E-state index in [9.17, 15) is 9.59 Å². The summed E-state index contributed by atoms with van der Waals surface area (Å²) in [5.74, 6) is 0.381. The minimum Gasteiger partial charge on any atom is -0.481 e. The van der Waals surface area contributed by atoms with Gasteiger partial charge in [-0.3, -0.25) is 4.79 Å². The molecule has 0 amide bonds. The Morgan fingerprint density at radius 1 is 0.788 bits per heavy atom. The van der Waals surface area contributed by atoms with E-state index in [2.05, 4.69) is 4.98 Å². The first-order valence-corrected chi connectivity index (χ1v) is 10.4. The van der Waals surface area contributed by atoms with Gasteiger partial charge in [0.25, 0.3) is 0 Å². The largest absolute Gasteiger partial charge is 0.481 e. The van der Waals surface area contributed by atoms with Gasteiger partial charge in [0.15, 0.2) is 6.29 Å². The lowest BCUT2D eigenvalue weighted by atomic mass is 9.93. The van der Waals surface area contributed by atoms with Gasteiger partial charge in [0.05, 0.1) is 12.7 Å². The number of pyridine rings is 1. The van der Waals surface area contributed by atoms with E-state index < -0.39 is 5.97 Å². The van der Waals surface area contributed by atoms with E-state index in [4.69, 9.17) is 9.47 Å². The molecule has 1 heterocycles. The monoisotopic (exact) mass is 433 g/mol. The number of esters is 1. The van der Waals surface area contributed by atoms with Crippen molar-refractivity contribution in [3.63, 3.8) is 0 Å². The Balaban J connectivity index is 1.77. The molecule has 0 saturated carbocycles. The Morgan fingerprint density at radius 3 is 2.27 bits per heavy atom. The van der Waals surface area contributed by atoms with Crippen LogP contribution in [0.2, 0.25) is 0 Å². The fraction of sp³-hybridized carbons (Fsp3) is 0.0357. The molecule has 0 bridgehead atoms. The second kappa shape index (κ2) is 8.55. The third kappa shape index (κ3) is 3.59. The number of methoxy groups -OCH3 is 1. The van der Waals surface area contributed by atoms with E-state index in [1.165, 1.54) is 0 Å². The number of carbonyl (C=O) groups is 2. The molecular formula is C28H19NO4. The summed E-state index contributed by atoms with van der Waals surface area (Å²) in [6, 6.07) is 25.7.